The predicted molar refractivity (Wildman–Crippen MR) is 81.4 cm³/mol. The minimum atomic E-state index is 0.592. The van der Waals surface area contributed by atoms with Gasteiger partial charge in [-0.1, -0.05) is 6.07 Å². The lowest BCUT2D eigenvalue weighted by molar-refractivity contribution is 0.422. The average Bonchev–Trinajstić information content (AvgIpc) is 2.62. The van der Waals surface area contributed by atoms with E-state index in [1.165, 1.54) is 11.1 Å². The number of benzene rings is 1. The van der Waals surface area contributed by atoms with Crippen LogP contribution in [0.1, 0.15) is 27.9 Å². The molecular formula is C16H23N3O. The number of aromatic nitrogens is 2. The van der Waals surface area contributed by atoms with Crippen LogP contribution in [0.15, 0.2) is 12.1 Å². The fraction of sp³-hybridized carbons (Fsp3) is 0.438. The second-order valence-electron chi connectivity index (χ2n) is 5.34. The second-order valence-corrected chi connectivity index (χ2v) is 5.34. The Morgan fingerprint density at radius 1 is 1.20 bits per heavy atom. The van der Waals surface area contributed by atoms with Crippen LogP contribution in [-0.4, -0.2) is 16.3 Å². The highest BCUT2D eigenvalue weighted by Gasteiger charge is 2.16. The first-order valence-corrected chi connectivity index (χ1v) is 6.92. The molecule has 4 nitrogen and oxygen atoms in total. The molecule has 0 unspecified atom stereocenters. The Morgan fingerprint density at radius 2 is 1.90 bits per heavy atom. The Hall–Kier alpha value is -1.81. The Bertz CT molecular complexity index is 629. The number of ether oxygens (including phenoxy) is 1. The molecule has 2 rings (SSSR count). The van der Waals surface area contributed by atoms with Gasteiger partial charge in [0.1, 0.15) is 5.75 Å². The van der Waals surface area contributed by atoms with Gasteiger partial charge in [0.25, 0.3) is 0 Å². The molecule has 4 heteroatoms. The van der Waals surface area contributed by atoms with Crippen molar-refractivity contribution in [3.63, 3.8) is 0 Å². The van der Waals surface area contributed by atoms with Crippen molar-refractivity contribution in [1.82, 2.24) is 9.78 Å². The molecule has 0 aliphatic rings. The van der Waals surface area contributed by atoms with E-state index in [0.717, 1.165) is 34.9 Å². The molecule has 0 spiro atoms. The zero-order valence-corrected chi connectivity index (χ0v) is 12.9. The summed E-state index contributed by atoms with van der Waals surface area (Å²) in [5.41, 5.74) is 11.4. The Balaban J connectivity index is 2.45. The Kier molecular flexibility index (Phi) is 4.14. The van der Waals surface area contributed by atoms with Crippen LogP contribution < -0.4 is 10.5 Å². The molecule has 0 fully saturated rings. The predicted octanol–water partition coefficient (Wildman–Crippen LogP) is 2.95. The van der Waals surface area contributed by atoms with Crippen LogP contribution in [0, 0.1) is 27.7 Å². The van der Waals surface area contributed by atoms with Crippen LogP contribution in [0.5, 0.6) is 11.6 Å². The molecule has 0 aliphatic carbocycles. The van der Waals surface area contributed by atoms with Crippen LogP contribution >= 0.6 is 0 Å². The fourth-order valence-electron chi connectivity index (χ4n) is 2.45. The maximum atomic E-state index is 6.15. The lowest BCUT2D eigenvalue weighted by Crippen LogP contribution is -2.05. The number of aryl methyl sites for hydroxylation is 4. The van der Waals surface area contributed by atoms with E-state index in [0.29, 0.717) is 6.54 Å². The molecule has 1 aromatic heterocycles. The standard InChI is InChI=1S/C16H23N3O/c1-10-8-11(2)12(3)15(9-10)20-16-14(6-7-17)13(4)18-19(16)5/h8-9H,6-7,17H2,1-5H3. The van der Waals surface area contributed by atoms with E-state index in [-0.39, 0.29) is 0 Å². The van der Waals surface area contributed by atoms with Gasteiger partial charge in [-0.3, -0.25) is 0 Å². The summed E-state index contributed by atoms with van der Waals surface area (Å²) in [5, 5.41) is 4.44. The van der Waals surface area contributed by atoms with Crippen molar-refractivity contribution >= 4 is 0 Å². The molecule has 108 valence electrons. The molecule has 0 aliphatic heterocycles. The summed E-state index contributed by atoms with van der Waals surface area (Å²) in [6.07, 6.45) is 0.777. The van der Waals surface area contributed by atoms with E-state index < -0.39 is 0 Å². The summed E-state index contributed by atoms with van der Waals surface area (Å²) >= 11 is 0. The molecule has 1 heterocycles. The Morgan fingerprint density at radius 3 is 2.55 bits per heavy atom. The van der Waals surface area contributed by atoms with Crippen molar-refractivity contribution < 1.29 is 4.74 Å². The van der Waals surface area contributed by atoms with Gasteiger partial charge in [-0.15, -0.1) is 0 Å². The molecule has 20 heavy (non-hydrogen) atoms. The minimum absolute atomic E-state index is 0.592. The van der Waals surface area contributed by atoms with Gasteiger partial charge in [0.15, 0.2) is 0 Å². The van der Waals surface area contributed by atoms with Gasteiger partial charge in [-0.2, -0.15) is 5.10 Å². The molecule has 2 N–H and O–H groups in total. The summed E-state index contributed by atoms with van der Waals surface area (Å²) in [6.45, 7) is 8.84. The molecule has 0 saturated heterocycles. The topological polar surface area (TPSA) is 53.1 Å². The van der Waals surface area contributed by atoms with Crippen molar-refractivity contribution in [2.24, 2.45) is 12.8 Å². The van der Waals surface area contributed by atoms with Gasteiger partial charge >= 0.3 is 0 Å². The first-order chi connectivity index (χ1) is 9.43. The van der Waals surface area contributed by atoms with Gasteiger partial charge < -0.3 is 10.5 Å². The molecule has 0 radical (unpaired) electrons. The zero-order chi connectivity index (χ0) is 14.9. The summed E-state index contributed by atoms with van der Waals surface area (Å²) < 4.78 is 7.94. The molecule has 0 saturated carbocycles. The monoisotopic (exact) mass is 273 g/mol. The summed E-state index contributed by atoms with van der Waals surface area (Å²) in [4.78, 5) is 0. The van der Waals surface area contributed by atoms with Crippen LogP contribution in [0.2, 0.25) is 0 Å². The van der Waals surface area contributed by atoms with Crippen LogP contribution in [0.3, 0.4) is 0 Å². The highest BCUT2D eigenvalue weighted by Crippen LogP contribution is 2.31. The fourth-order valence-corrected chi connectivity index (χ4v) is 2.45. The molecule has 0 atom stereocenters. The highest BCUT2D eigenvalue weighted by atomic mass is 16.5. The average molecular weight is 273 g/mol. The van der Waals surface area contributed by atoms with Crippen molar-refractivity contribution in [2.75, 3.05) is 6.54 Å². The van der Waals surface area contributed by atoms with E-state index in [9.17, 15) is 0 Å². The van der Waals surface area contributed by atoms with Gasteiger partial charge in [0, 0.05) is 12.6 Å². The normalized spacial score (nSPS) is 10.9. The maximum Gasteiger partial charge on any atom is 0.221 e. The third-order valence-corrected chi connectivity index (χ3v) is 3.65. The smallest absolute Gasteiger partial charge is 0.221 e. The summed E-state index contributed by atoms with van der Waals surface area (Å²) in [5.74, 6) is 1.69. The molecular weight excluding hydrogens is 250 g/mol. The third-order valence-electron chi connectivity index (χ3n) is 3.65. The number of rotatable bonds is 4. The first kappa shape index (κ1) is 14.6. The van der Waals surface area contributed by atoms with E-state index in [1.807, 2.05) is 14.0 Å². The molecule has 1 aromatic carbocycles. The summed E-state index contributed by atoms with van der Waals surface area (Å²) in [7, 11) is 1.90. The van der Waals surface area contributed by atoms with Crippen molar-refractivity contribution in [3.05, 3.63) is 40.1 Å². The van der Waals surface area contributed by atoms with Gasteiger partial charge in [0.2, 0.25) is 5.88 Å². The molecule has 2 aromatic rings. The quantitative estimate of drug-likeness (QED) is 0.931. The van der Waals surface area contributed by atoms with Crippen LogP contribution in [0.25, 0.3) is 0 Å². The summed E-state index contributed by atoms with van der Waals surface area (Å²) in [6, 6.07) is 4.23. The number of nitrogens with two attached hydrogens (primary N) is 1. The van der Waals surface area contributed by atoms with Crippen LogP contribution in [0.4, 0.5) is 0 Å². The van der Waals surface area contributed by atoms with Crippen molar-refractivity contribution in [2.45, 2.75) is 34.1 Å². The largest absolute Gasteiger partial charge is 0.439 e. The van der Waals surface area contributed by atoms with E-state index >= 15 is 0 Å². The van der Waals surface area contributed by atoms with Crippen molar-refractivity contribution in [3.8, 4) is 11.6 Å². The van der Waals surface area contributed by atoms with Crippen LogP contribution in [-0.2, 0) is 13.5 Å². The first-order valence-electron chi connectivity index (χ1n) is 6.92. The van der Waals surface area contributed by atoms with Gasteiger partial charge in [-0.25, -0.2) is 4.68 Å². The van der Waals surface area contributed by atoms with E-state index in [4.69, 9.17) is 10.5 Å². The van der Waals surface area contributed by atoms with Crippen molar-refractivity contribution in [1.29, 1.82) is 0 Å². The van der Waals surface area contributed by atoms with E-state index in [2.05, 4.69) is 38.0 Å². The SMILES string of the molecule is Cc1cc(C)c(C)c(Oc2c(CCN)c(C)nn2C)c1. The van der Waals surface area contributed by atoms with Gasteiger partial charge in [-0.05, 0) is 63.4 Å². The third kappa shape index (κ3) is 2.70. The zero-order valence-electron chi connectivity index (χ0n) is 12.9. The lowest BCUT2D eigenvalue weighted by atomic mass is 10.1. The molecule has 0 bridgehead atoms. The lowest BCUT2D eigenvalue weighted by Gasteiger charge is -2.13. The number of nitrogens with zero attached hydrogens (tertiary/aromatic N) is 2. The number of hydrogen-bond donors (Lipinski definition) is 1. The molecule has 0 amide bonds. The minimum Gasteiger partial charge on any atom is -0.439 e. The second kappa shape index (κ2) is 5.67. The number of hydrogen-bond acceptors (Lipinski definition) is 3. The Labute approximate surface area is 120 Å². The maximum absolute atomic E-state index is 6.15. The van der Waals surface area contributed by atoms with E-state index in [1.54, 1.807) is 4.68 Å². The highest BCUT2D eigenvalue weighted by molar-refractivity contribution is 5.45. The van der Waals surface area contributed by atoms with Gasteiger partial charge in [0.05, 0.1) is 5.69 Å².